The summed E-state index contributed by atoms with van der Waals surface area (Å²) < 4.78 is 13.9. The lowest BCUT2D eigenvalue weighted by atomic mass is 10.2. The molecule has 1 saturated heterocycles. The molecular weight excluding hydrogens is 404 g/mol. The number of oxime groups is 1. The van der Waals surface area contributed by atoms with Gasteiger partial charge in [-0.1, -0.05) is 25.9 Å². The molecule has 2 rings (SSSR count). The number of aryl methyl sites for hydroxylation is 1. The van der Waals surface area contributed by atoms with Crippen LogP contribution >= 0.6 is 0 Å². The standard InChI is InChI=1S/C19H32N6O4Si/c1-12(2)23-29-14-9-16(25-10-13(3)17(22-24-20)21-18(25)26)28-15(14)11-27-30(7,8)19(4,5)6/h10,14-16H,9,11H2,1-8H3/t14?,15-,16-/m1/s1. The minimum Gasteiger partial charge on any atom is -0.414 e. The Morgan fingerprint density at radius 2 is 2.10 bits per heavy atom. The molecule has 3 atom stereocenters. The van der Waals surface area contributed by atoms with E-state index in [1.807, 2.05) is 13.8 Å². The number of azide groups is 1. The summed E-state index contributed by atoms with van der Waals surface area (Å²) in [5, 5.41) is 7.61. The molecule has 2 heterocycles. The van der Waals surface area contributed by atoms with Gasteiger partial charge in [-0.2, -0.15) is 4.98 Å². The van der Waals surface area contributed by atoms with E-state index in [1.54, 1.807) is 13.1 Å². The van der Waals surface area contributed by atoms with Crippen molar-refractivity contribution in [2.75, 3.05) is 6.61 Å². The van der Waals surface area contributed by atoms with Gasteiger partial charge in [-0.25, -0.2) is 4.79 Å². The third-order valence-electron chi connectivity index (χ3n) is 5.52. The molecule has 0 spiro atoms. The Bertz CT molecular complexity index is 897. The van der Waals surface area contributed by atoms with Crippen molar-refractivity contribution in [3.8, 4) is 0 Å². The Kier molecular flexibility index (Phi) is 7.46. The van der Waals surface area contributed by atoms with Crippen molar-refractivity contribution in [2.24, 2.45) is 10.3 Å². The summed E-state index contributed by atoms with van der Waals surface area (Å²) in [6.07, 6.45) is 0.695. The molecule has 10 nitrogen and oxygen atoms in total. The van der Waals surface area contributed by atoms with E-state index < -0.39 is 20.2 Å². The lowest BCUT2D eigenvalue weighted by Gasteiger charge is -2.37. The van der Waals surface area contributed by atoms with Crippen LogP contribution < -0.4 is 5.69 Å². The first-order valence-electron chi connectivity index (χ1n) is 9.97. The number of hydrogen-bond acceptors (Lipinski definition) is 7. The van der Waals surface area contributed by atoms with Crippen LogP contribution in [0.15, 0.2) is 21.3 Å². The molecule has 0 radical (unpaired) electrons. The molecule has 11 heteroatoms. The highest BCUT2D eigenvalue weighted by Crippen LogP contribution is 2.38. The largest absolute Gasteiger partial charge is 0.414 e. The highest BCUT2D eigenvalue weighted by atomic mass is 28.4. The van der Waals surface area contributed by atoms with Gasteiger partial charge in [0.2, 0.25) is 0 Å². The van der Waals surface area contributed by atoms with Gasteiger partial charge in [-0.3, -0.25) is 4.57 Å². The average molecular weight is 437 g/mol. The zero-order valence-corrected chi connectivity index (χ0v) is 20.0. The van der Waals surface area contributed by atoms with Crippen molar-refractivity contribution >= 4 is 19.8 Å². The molecule has 1 aliphatic rings. The third kappa shape index (κ3) is 5.69. The van der Waals surface area contributed by atoms with Crippen LogP contribution in [0.3, 0.4) is 0 Å². The molecule has 30 heavy (non-hydrogen) atoms. The third-order valence-corrected chi connectivity index (χ3v) is 10.0. The fourth-order valence-corrected chi connectivity index (χ4v) is 3.73. The zero-order valence-electron chi connectivity index (χ0n) is 19.0. The number of ether oxygens (including phenoxy) is 1. The summed E-state index contributed by atoms with van der Waals surface area (Å²) in [6.45, 7) is 16.7. The van der Waals surface area contributed by atoms with Crippen LogP contribution in [0.1, 0.15) is 52.8 Å². The summed E-state index contributed by atoms with van der Waals surface area (Å²) in [5.74, 6) is 0.0635. The summed E-state index contributed by atoms with van der Waals surface area (Å²) in [4.78, 5) is 24.8. The van der Waals surface area contributed by atoms with Gasteiger partial charge in [-0.15, -0.1) is 0 Å². The molecule has 0 N–H and O–H groups in total. The molecule has 1 unspecified atom stereocenters. The Balaban J connectivity index is 2.26. The van der Waals surface area contributed by atoms with Crippen molar-refractivity contribution in [3.63, 3.8) is 0 Å². The van der Waals surface area contributed by atoms with Crippen LogP contribution in [0.2, 0.25) is 18.1 Å². The Morgan fingerprint density at radius 3 is 2.67 bits per heavy atom. The zero-order chi connectivity index (χ0) is 22.7. The number of aromatic nitrogens is 2. The maximum Gasteiger partial charge on any atom is 0.350 e. The van der Waals surface area contributed by atoms with Gasteiger partial charge in [0.15, 0.2) is 14.4 Å². The van der Waals surface area contributed by atoms with E-state index in [9.17, 15) is 4.79 Å². The van der Waals surface area contributed by atoms with Gasteiger partial charge in [0.05, 0.1) is 12.3 Å². The quantitative estimate of drug-likeness (QED) is 0.154. The van der Waals surface area contributed by atoms with E-state index in [4.69, 9.17) is 19.5 Å². The highest BCUT2D eigenvalue weighted by Gasteiger charge is 2.43. The van der Waals surface area contributed by atoms with Gasteiger partial charge in [0.1, 0.15) is 18.1 Å². The minimum atomic E-state index is -1.98. The maximum atomic E-state index is 12.5. The van der Waals surface area contributed by atoms with Crippen LogP contribution in [0.5, 0.6) is 0 Å². The highest BCUT2D eigenvalue weighted by molar-refractivity contribution is 6.74. The summed E-state index contributed by atoms with van der Waals surface area (Å²) in [7, 11) is -1.98. The van der Waals surface area contributed by atoms with Gasteiger partial charge >= 0.3 is 5.69 Å². The maximum absolute atomic E-state index is 12.5. The summed E-state index contributed by atoms with van der Waals surface area (Å²) >= 11 is 0. The van der Waals surface area contributed by atoms with Crippen molar-refractivity contribution in [3.05, 3.63) is 32.7 Å². The second-order valence-electron chi connectivity index (χ2n) is 9.25. The van der Waals surface area contributed by atoms with Crippen molar-refractivity contribution < 1.29 is 14.0 Å². The first-order valence-corrected chi connectivity index (χ1v) is 12.9. The molecule has 0 amide bonds. The molecule has 1 aliphatic heterocycles. The molecule has 166 valence electrons. The fourth-order valence-electron chi connectivity index (χ4n) is 2.72. The van der Waals surface area contributed by atoms with Crippen LogP contribution in [0, 0.1) is 6.92 Å². The molecule has 1 aromatic heterocycles. The predicted octanol–water partition coefficient (Wildman–Crippen LogP) is 4.58. The molecule has 0 saturated carbocycles. The summed E-state index contributed by atoms with van der Waals surface area (Å²) in [5.41, 5.74) is 9.44. The minimum absolute atomic E-state index is 0.0635. The Morgan fingerprint density at radius 1 is 1.43 bits per heavy atom. The molecule has 1 aromatic rings. The van der Waals surface area contributed by atoms with E-state index in [-0.39, 0.29) is 23.1 Å². The molecule has 0 aliphatic carbocycles. The van der Waals surface area contributed by atoms with Gasteiger partial charge < -0.3 is 14.0 Å². The Hall–Kier alpha value is -2.20. The molecule has 0 aromatic carbocycles. The second-order valence-corrected chi connectivity index (χ2v) is 14.1. The summed E-state index contributed by atoms with van der Waals surface area (Å²) in [6, 6.07) is 0. The van der Waals surface area contributed by atoms with E-state index in [0.29, 0.717) is 18.6 Å². The smallest absolute Gasteiger partial charge is 0.350 e. The molecule has 1 fully saturated rings. The lowest BCUT2D eigenvalue weighted by molar-refractivity contribution is -0.0591. The number of nitrogens with zero attached hydrogens (tertiary/aromatic N) is 6. The average Bonchev–Trinajstić information content (AvgIpc) is 3.03. The Labute approximate surface area is 178 Å². The van der Waals surface area contributed by atoms with E-state index in [1.165, 1.54) is 4.57 Å². The van der Waals surface area contributed by atoms with Crippen molar-refractivity contribution in [1.29, 1.82) is 0 Å². The van der Waals surface area contributed by atoms with Gasteiger partial charge in [0.25, 0.3) is 0 Å². The first kappa shape index (κ1) is 24.1. The first-order chi connectivity index (χ1) is 13.9. The van der Waals surface area contributed by atoms with Crippen LogP contribution in [0.25, 0.3) is 10.4 Å². The number of rotatable bonds is 7. The lowest BCUT2D eigenvalue weighted by Crippen LogP contribution is -2.44. The van der Waals surface area contributed by atoms with Gasteiger partial charge in [-0.05, 0) is 55.1 Å². The van der Waals surface area contributed by atoms with Crippen molar-refractivity contribution in [2.45, 2.75) is 84.5 Å². The SMILES string of the molecule is CC(C)=NOC1C[C@H](n2cc(C)c(N=[N+]=[N-])nc2=O)O[C@@H]1CO[Si](C)(C)C(C)(C)C. The predicted molar refractivity (Wildman–Crippen MR) is 117 cm³/mol. The number of hydrogen-bond donors (Lipinski definition) is 0. The van der Waals surface area contributed by atoms with Crippen LogP contribution in [-0.2, 0) is 14.0 Å². The van der Waals surface area contributed by atoms with E-state index >= 15 is 0 Å². The van der Waals surface area contributed by atoms with E-state index in [2.05, 4.69) is 54.0 Å². The monoisotopic (exact) mass is 436 g/mol. The topological polar surface area (TPSA) is 124 Å². The van der Waals surface area contributed by atoms with Crippen LogP contribution in [0.4, 0.5) is 5.82 Å². The fraction of sp³-hybridized carbons (Fsp3) is 0.737. The van der Waals surface area contributed by atoms with Crippen molar-refractivity contribution in [1.82, 2.24) is 9.55 Å². The van der Waals surface area contributed by atoms with Crippen LogP contribution in [-0.4, -0.2) is 42.4 Å². The van der Waals surface area contributed by atoms with E-state index in [0.717, 1.165) is 5.71 Å². The molecular formula is C19H32N6O4Si. The van der Waals surface area contributed by atoms with Gasteiger partial charge in [0, 0.05) is 17.5 Å². The normalized spacial score (nSPS) is 21.8. The molecule has 0 bridgehead atoms. The second kappa shape index (κ2) is 9.30.